The molecule has 0 spiro atoms. The van der Waals surface area contributed by atoms with Gasteiger partial charge in [0.05, 0.1) is 10.6 Å². The molecule has 2 N–H and O–H groups in total. The number of anilines is 2. The Morgan fingerprint density at radius 1 is 1.04 bits per heavy atom. The van der Waals surface area contributed by atoms with Gasteiger partial charge >= 0.3 is 5.97 Å². The molecule has 0 atom stereocenters. The Hall–Kier alpha value is -2.87. The van der Waals surface area contributed by atoms with Gasteiger partial charge in [-0.1, -0.05) is 17.7 Å². The molecule has 0 bridgehead atoms. The van der Waals surface area contributed by atoms with E-state index in [-0.39, 0.29) is 16.5 Å². The van der Waals surface area contributed by atoms with E-state index in [1.807, 2.05) is 6.92 Å². The number of nitrogens with zero attached hydrogens (tertiary/aromatic N) is 1. The van der Waals surface area contributed by atoms with Crippen LogP contribution in [0, 0.1) is 6.92 Å². The molecular weight excluding hydrogens is 344 g/mol. The zero-order chi connectivity index (χ0) is 18.6. The molecule has 0 heterocycles. The number of carbonyl (C=O) groups is 2. The topological polar surface area (TPSA) is 104 Å². The fraction of sp³-hybridized carbons (Fsp3) is 0.176. The first-order chi connectivity index (χ1) is 11.7. The Morgan fingerprint density at radius 2 is 1.60 bits per heavy atom. The van der Waals surface area contributed by atoms with Crippen LogP contribution in [0.5, 0.6) is 0 Å². The van der Waals surface area contributed by atoms with Crippen molar-refractivity contribution < 1.29 is 23.1 Å². The van der Waals surface area contributed by atoms with Crippen LogP contribution in [0.1, 0.15) is 12.5 Å². The largest absolute Gasteiger partial charge is 0.480 e. The minimum atomic E-state index is -4.07. The second-order valence-electron chi connectivity index (χ2n) is 5.45. The molecule has 2 rings (SSSR count). The van der Waals surface area contributed by atoms with E-state index in [2.05, 4.69) is 5.32 Å². The van der Waals surface area contributed by atoms with Crippen molar-refractivity contribution in [2.75, 3.05) is 16.2 Å². The van der Waals surface area contributed by atoms with Crippen LogP contribution in [0.3, 0.4) is 0 Å². The molecule has 0 saturated heterocycles. The number of sulfonamides is 1. The molecule has 0 fully saturated rings. The van der Waals surface area contributed by atoms with E-state index in [0.29, 0.717) is 5.69 Å². The minimum Gasteiger partial charge on any atom is -0.480 e. The highest BCUT2D eigenvalue weighted by Crippen LogP contribution is 2.25. The number of hydrogen-bond acceptors (Lipinski definition) is 4. The van der Waals surface area contributed by atoms with E-state index in [1.165, 1.54) is 31.2 Å². The van der Waals surface area contributed by atoms with Gasteiger partial charge in [-0.3, -0.25) is 13.9 Å². The summed E-state index contributed by atoms with van der Waals surface area (Å²) in [6.07, 6.45) is 0. The van der Waals surface area contributed by atoms with Gasteiger partial charge in [0.15, 0.2) is 0 Å². The maximum Gasteiger partial charge on any atom is 0.324 e. The van der Waals surface area contributed by atoms with Crippen molar-refractivity contribution in [3.8, 4) is 0 Å². The van der Waals surface area contributed by atoms with Crippen molar-refractivity contribution in [3.63, 3.8) is 0 Å². The average molecular weight is 362 g/mol. The van der Waals surface area contributed by atoms with Crippen LogP contribution < -0.4 is 9.62 Å². The fourth-order valence-corrected chi connectivity index (χ4v) is 3.60. The van der Waals surface area contributed by atoms with Crippen LogP contribution in [0.15, 0.2) is 53.4 Å². The molecule has 0 aliphatic rings. The number of rotatable bonds is 6. The molecule has 0 aromatic heterocycles. The second-order valence-corrected chi connectivity index (χ2v) is 7.31. The third-order valence-electron chi connectivity index (χ3n) is 3.36. The highest BCUT2D eigenvalue weighted by atomic mass is 32.2. The maximum absolute atomic E-state index is 12.9. The lowest BCUT2D eigenvalue weighted by molar-refractivity contribution is -0.135. The van der Waals surface area contributed by atoms with Crippen LogP contribution in [0.25, 0.3) is 0 Å². The number of benzene rings is 2. The highest BCUT2D eigenvalue weighted by molar-refractivity contribution is 7.92. The lowest BCUT2D eigenvalue weighted by atomic mass is 10.2. The molecule has 2 aromatic rings. The highest BCUT2D eigenvalue weighted by Gasteiger charge is 2.27. The zero-order valence-electron chi connectivity index (χ0n) is 13.8. The number of carbonyl (C=O) groups excluding carboxylic acids is 1. The van der Waals surface area contributed by atoms with Crippen LogP contribution >= 0.6 is 0 Å². The van der Waals surface area contributed by atoms with Crippen molar-refractivity contribution in [1.82, 2.24) is 0 Å². The molecule has 25 heavy (non-hydrogen) atoms. The predicted molar refractivity (Wildman–Crippen MR) is 94.1 cm³/mol. The van der Waals surface area contributed by atoms with Gasteiger partial charge in [-0.15, -0.1) is 0 Å². The summed E-state index contributed by atoms with van der Waals surface area (Å²) in [6.45, 7) is 2.50. The summed E-state index contributed by atoms with van der Waals surface area (Å²) in [5.74, 6) is -1.54. The number of aryl methyl sites for hydroxylation is 1. The predicted octanol–water partition coefficient (Wildman–Crippen LogP) is 2.23. The summed E-state index contributed by atoms with van der Waals surface area (Å²) in [4.78, 5) is 22.1. The monoisotopic (exact) mass is 362 g/mol. The molecule has 0 radical (unpaired) electrons. The molecule has 132 valence electrons. The number of aliphatic carboxylic acids is 1. The third-order valence-corrected chi connectivity index (χ3v) is 5.15. The third kappa shape index (κ3) is 4.57. The Balaban J connectivity index is 2.42. The molecule has 2 aromatic carbocycles. The van der Waals surface area contributed by atoms with Gasteiger partial charge in [-0.25, -0.2) is 8.42 Å². The summed E-state index contributed by atoms with van der Waals surface area (Å²) in [6, 6.07) is 12.1. The van der Waals surface area contributed by atoms with Crippen molar-refractivity contribution in [2.45, 2.75) is 18.7 Å². The van der Waals surface area contributed by atoms with E-state index in [1.54, 1.807) is 24.3 Å². The number of carboxylic acids is 1. The molecule has 0 aliphatic heterocycles. The quantitative estimate of drug-likeness (QED) is 0.820. The molecule has 8 heteroatoms. The molecule has 7 nitrogen and oxygen atoms in total. The van der Waals surface area contributed by atoms with Gasteiger partial charge in [0.25, 0.3) is 10.0 Å². The van der Waals surface area contributed by atoms with Gasteiger partial charge < -0.3 is 10.4 Å². The first kappa shape index (κ1) is 18.5. The smallest absolute Gasteiger partial charge is 0.324 e. The van der Waals surface area contributed by atoms with Crippen LogP contribution in [0.4, 0.5) is 11.4 Å². The van der Waals surface area contributed by atoms with Crippen LogP contribution in [-0.4, -0.2) is 31.9 Å². The van der Waals surface area contributed by atoms with E-state index in [9.17, 15) is 18.0 Å². The summed E-state index contributed by atoms with van der Waals surface area (Å²) >= 11 is 0. The van der Waals surface area contributed by atoms with E-state index in [0.717, 1.165) is 9.87 Å². The fourth-order valence-electron chi connectivity index (χ4n) is 2.19. The zero-order valence-corrected chi connectivity index (χ0v) is 14.6. The first-order valence-electron chi connectivity index (χ1n) is 7.39. The normalized spacial score (nSPS) is 11.0. The summed E-state index contributed by atoms with van der Waals surface area (Å²) in [7, 11) is -4.07. The Labute approximate surface area is 146 Å². The van der Waals surface area contributed by atoms with Crippen molar-refractivity contribution in [2.24, 2.45) is 0 Å². The summed E-state index contributed by atoms with van der Waals surface area (Å²) in [5, 5.41) is 11.6. The summed E-state index contributed by atoms with van der Waals surface area (Å²) in [5.41, 5.74) is 1.64. The standard InChI is InChI=1S/C17H18N2O5S/c1-12-3-7-15(8-4-12)19(11-17(21)22)25(23,24)16-9-5-14(6-10-16)18-13(2)20/h3-10H,11H2,1-2H3,(H,18,20)(H,21,22). The van der Waals surface area contributed by atoms with Gasteiger partial charge in [0.2, 0.25) is 5.91 Å². The Morgan fingerprint density at radius 3 is 2.08 bits per heavy atom. The maximum atomic E-state index is 12.9. The number of amides is 1. The Bertz CT molecular complexity index is 874. The molecule has 0 saturated carbocycles. The van der Waals surface area contributed by atoms with Crippen molar-refractivity contribution in [1.29, 1.82) is 0 Å². The second kappa shape index (κ2) is 7.35. The number of nitrogens with one attached hydrogen (secondary N) is 1. The van der Waals surface area contributed by atoms with E-state index in [4.69, 9.17) is 5.11 Å². The molecule has 1 amide bonds. The van der Waals surface area contributed by atoms with E-state index < -0.39 is 22.5 Å². The van der Waals surface area contributed by atoms with Gasteiger partial charge in [0.1, 0.15) is 6.54 Å². The molecule has 0 unspecified atom stereocenters. The summed E-state index contributed by atoms with van der Waals surface area (Å²) < 4.78 is 26.6. The Kier molecular flexibility index (Phi) is 5.43. The molecular formula is C17H18N2O5S. The van der Waals surface area contributed by atoms with Crippen LogP contribution in [-0.2, 0) is 19.6 Å². The van der Waals surface area contributed by atoms with Gasteiger partial charge in [-0.2, -0.15) is 0 Å². The first-order valence-corrected chi connectivity index (χ1v) is 8.83. The minimum absolute atomic E-state index is 0.0663. The number of carboxylic acid groups (broad SMARTS) is 1. The van der Waals surface area contributed by atoms with Gasteiger partial charge in [0, 0.05) is 12.6 Å². The molecule has 0 aliphatic carbocycles. The SMILES string of the molecule is CC(=O)Nc1ccc(S(=O)(=O)N(CC(=O)O)c2ccc(C)cc2)cc1. The number of hydrogen-bond donors (Lipinski definition) is 2. The van der Waals surface area contributed by atoms with Gasteiger partial charge in [-0.05, 0) is 43.3 Å². The van der Waals surface area contributed by atoms with E-state index >= 15 is 0 Å². The lowest BCUT2D eigenvalue weighted by Gasteiger charge is -2.23. The lowest BCUT2D eigenvalue weighted by Crippen LogP contribution is -2.35. The van der Waals surface area contributed by atoms with Crippen molar-refractivity contribution >= 4 is 33.3 Å². The van der Waals surface area contributed by atoms with Crippen LogP contribution in [0.2, 0.25) is 0 Å². The van der Waals surface area contributed by atoms with Crippen molar-refractivity contribution in [3.05, 3.63) is 54.1 Å². The average Bonchev–Trinajstić information content (AvgIpc) is 2.53.